The Kier molecular flexibility index (Phi) is 5.32. The van der Waals surface area contributed by atoms with E-state index in [2.05, 4.69) is 9.97 Å². The van der Waals surface area contributed by atoms with Gasteiger partial charge in [0.15, 0.2) is 0 Å². The first-order chi connectivity index (χ1) is 12.0. The molecule has 0 amide bonds. The quantitative estimate of drug-likeness (QED) is 0.527. The Morgan fingerprint density at radius 1 is 1.24 bits per heavy atom. The van der Waals surface area contributed by atoms with Crippen molar-refractivity contribution in [2.45, 2.75) is 10.6 Å². The van der Waals surface area contributed by atoms with Gasteiger partial charge in [0.05, 0.1) is 34.4 Å². The van der Waals surface area contributed by atoms with Crippen molar-refractivity contribution in [3.05, 3.63) is 68.2 Å². The normalized spacial score (nSPS) is 10.8. The number of aromatic amines is 1. The lowest BCUT2D eigenvalue weighted by Gasteiger charge is -2.06. The minimum atomic E-state index is -0.481. The number of methoxy groups -OCH3 is 1. The second-order valence-corrected chi connectivity index (χ2v) is 6.96. The Balaban J connectivity index is 1.92. The number of halogens is 2. The van der Waals surface area contributed by atoms with Crippen molar-refractivity contribution >= 4 is 51.8 Å². The number of carbonyl (C=O) groups excluding carboxylic acids is 1. The number of H-pyrrole nitrogens is 1. The van der Waals surface area contributed by atoms with Crippen LogP contribution in [-0.2, 0) is 10.5 Å². The van der Waals surface area contributed by atoms with Gasteiger partial charge in [0.2, 0.25) is 0 Å². The van der Waals surface area contributed by atoms with Gasteiger partial charge < -0.3 is 9.72 Å². The van der Waals surface area contributed by atoms with Gasteiger partial charge in [-0.2, -0.15) is 0 Å². The molecule has 1 heterocycles. The van der Waals surface area contributed by atoms with Crippen molar-refractivity contribution in [2.75, 3.05) is 7.11 Å². The maximum Gasteiger partial charge on any atom is 0.337 e. The highest BCUT2D eigenvalue weighted by molar-refractivity contribution is 7.98. The molecule has 8 heteroatoms. The van der Waals surface area contributed by atoms with Gasteiger partial charge in [-0.05, 0) is 36.4 Å². The SMILES string of the molecule is COC(=O)c1ccc2c(=O)[nH]c(CSc3cc(Cl)ccc3Cl)nc2c1. The summed E-state index contributed by atoms with van der Waals surface area (Å²) in [6.45, 7) is 0. The highest BCUT2D eigenvalue weighted by atomic mass is 35.5. The number of thioether (sulfide) groups is 1. The van der Waals surface area contributed by atoms with Crippen LogP contribution in [0.25, 0.3) is 10.9 Å². The number of hydrogen-bond acceptors (Lipinski definition) is 5. The largest absolute Gasteiger partial charge is 0.465 e. The summed E-state index contributed by atoms with van der Waals surface area (Å²) >= 11 is 13.5. The molecule has 3 rings (SSSR count). The molecule has 0 aliphatic heterocycles. The van der Waals surface area contributed by atoms with Crippen LogP contribution in [0.2, 0.25) is 10.0 Å². The number of nitrogens with zero attached hydrogens (tertiary/aromatic N) is 1. The molecule has 0 radical (unpaired) electrons. The molecular formula is C17H12Cl2N2O3S. The van der Waals surface area contributed by atoms with E-state index < -0.39 is 5.97 Å². The monoisotopic (exact) mass is 394 g/mol. The fourth-order valence-electron chi connectivity index (χ4n) is 2.23. The molecule has 0 aliphatic rings. The van der Waals surface area contributed by atoms with Gasteiger partial charge >= 0.3 is 5.97 Å². The lowest BCUT2D eigenvalue weighted by molar-refractivity contribution is 0.0601. The summed E-state index contributed by atoms with van der Waals surface area (Å²) in [5.74, 6) is 0.388. The summed E-state index contributed by atoms with van der Waals surface area (Å²) in [6.07, 6.45) is 0. The Hall–Kier alpha value is -2.02. The molecule has 0 saturated carbocycles. The fraction of sp³-hybridized carbons (Fsp3) is 0.118. The van der Waals surface area contributed by atoms with Gasteiger partial charge in [-0.25, -0.2) is 9.78 Å². The summed E-state index contributed by atoms with van der Waals surface area (Å²) in [6, 6.07) is 9.80. The standard InChI is InChI=1S/C17H12Cl2N2O3S/c1-24-17(23)9-2-4-11-13(6-9)20-15(21-16(11)22)8-25-14-7-10(18)3-5-12(14)19/h2-7H,8H2,1H3,(H,20,21,22). The number of benzene rings is 2. The Labute approximate surface area is 157 Å². The van der Waals surface area contributed by atoms with Crippen LogP contribution >= 0.6 is 35.0 Å². The zero-order valence-corrected chi connectivity index (χ0v) is 15.3. The predicted octanol–water partition coefficient (Wildman–Crippen LogP) is 4.31. The summed E-state index contributed by atoms with van der Waals surface area (Å²) < 4.78 is 4.69. The molecule has 0 aliphatic carbocycles. The molecule has 0 bridgehead atoms. The molecule has 0 unspecified atom stereocenters. The van der Waals surface area contributed by atoms with Gasteiger partial charge in [-0.1, -0.05) is 23.2 Å². The third-order valence-corrected chi connectivity index (χ3v) is 5.18. The molecule has 5 nitrogen and oxygen atoms in total. The van der Waals surface area contributed by atoms with Crippen LogP contribution in [0.4, 0.5) is 0 Å². The number of ether oxygens (including phenoxy) is 1. The maximum absolute atomic E-state index is 12.2. The maximum atomic E-state index is 12.2. The molecular weight excluding hydrogens is 383 g/mol. The first kappa shape index (κ1) is 17.8. The lowest BCUT2D eigenvalue weighted by atomic mass is 10.1. The van der Waals surface area contributed by atoms with Crippen LogP contribution in [0.5, 0.6) is 0 Å². The molecule has 128 valence electrons. The van der Waals surface area contributed by atoms with E-state index in [0.717, 1.165) is 4.90 Å². The Bertz CT molecular complexity index is 1020. The number of nitrogens with one attached hydrogen (secondary N) is 1. The van der Waals surface area contributed by atoms with Crippen molar-refractivity contribution in [3.63, 3.8) is 0 Å². The molecule has 25 heavy (non-hydrogen) atoms. The molecule has 3 aromatic rings. The topological polar surface area (TPSA) is 72.1 Å². The van der Waals surface area contributed by atoms with Crippen molar-refractivity contribution in [1.29, 1.82) is 0 Å². The highest BCUT2D eigenvalue weighted by Gasteiger charge is 2.11. The number of aromatic nitrogens is 2. The number of rotatable bonds is 4. The van der Waals surface area contributed by atoms with E-state index in [9.17, 15) is 9.59 Å². The minimum absolute atomic E-state index is 0.269. The summed E-state index contributed by atoms with van der Waals surface area (Å²) in [7, 11) is 1.30. The van der Waals surface area contributed by atoms with Crippen molar-refractivity contribution in [2.24, 2.45) is 0 Å². The number of carbonyl (C=O) groups is 1. The van der Waals surface area contributed by atoms with Crippen LogP contribution in [0.1, 0.15) is 16.2 Å². The third kappa shape index (κ3) is 3.98. The molecule has 0 atom stereocenters. The molecule has 1 N–H and O–H groups in total. The van der Waals surface area contributed by atoms with Gasteiger partial charge in [0.25, 0.3) is 5.56 Å². The van der Waals surface area contributed by atoms with E-state index >= 15 is 0 Å². The van der Waals surface area contributed by atoms with Crippen LogP contribution in [0, 0.1) is 0 Å². The first-order valence-corrected chi connectivity index (χ1v) is 8.91. The van der Waals surface area contributed by atoms with E-state index in [1.807, 2.05) is 0 Å². The molecule has 2 aromatic carbocycles. The molecule has 1 aromatic heterocycles. The van der Waals surface area contributed by atoms with Gasteiger partial charge in [0.1, 0.15) is 5.82 Å². The second-order valence-electron chi connectivity index (χ2n) is 5.10. The van der Waals surface area contributed by atoms with Gasteiger partial charge in [-0.15, -0.1) is 11.8 Å². The van der Waals surface area contributed by atoms with E-state index in [1.165, 1.54) is 31.0 Å². The average Bonchev–Trinajstić information content (AvgIpc) is 2.61. The first-order valence-electron chi connectivity index (χ1n) is 7.17. The van der Waals surface area contributed by atoms with Crippen molar-refractivity contribution in [1.82, 2.24) is 9.97 Å². The lowest BCUT2D eigenvalue weighted by Crippen LogP contribution is -2.12. The zero-order valence-electron chi connectivity index (χ0n) is 13.0. The second kappa shape index (κ2) is 7.47. The van der Waals surface area contributed by atoms with E-state index in [0.29, 0.717) is 38.1 Å². The summed E-state index contributed by atoms with van der Waals surface area (Å²) in [4.78, 5) is 31.8. The molecule has 0 spiro atoms. The molecule has 0 fully saturated rings. The predicted molar refractivity (Wildman–Crippen MR) is 99.7 cm³/mol. The summed E-state index contributed by atoms with van der Waals surface area (Å²) in [5, 5.41) is 1.56. The summed E-state index contributed by atoms with van der Waals surface area (Å²) in [5.41, 5.74) is 0.498. The Morgan fingerprint density at radius 2 is 2.04 bits per heavy atom. The smallest absolute Gasteiger partial charge is 0.337 e. The number of hydrogen-bond donors (Lipinski definition) is 1. The van der Waals surface area contributed by atoms with Crippen molar-refractivity contribution in [3.8, 4) is 0 Å². The van der Waals surface area contributed by atoms with Crippen LogP contribution < -0.4 is 5.56 Å². The Morgan fingerprint density at radius 3 is 2.80 bits per heavy atom. The van der Waals surface area contributed by atoms with Crippen molar-refractivity contribution < 1.29 is 9.53 Å². The van der Waals surface area contributed by atoms with E-state index in [4.69, 9.17) is 27.9 Å². The third-order valence-electron chi connectivity index (χ3n) is 3.43. The number of esters is 1. The van der Waals surface area contributed by atoms with Crippen LogP contribution in [0.15, 0.2) is 46.1 Å². The van der Waals surface area contributed by atoms with Gasteiger partial charge in [0, 0.05) is 9.92 Å². The van der Waals surface area contributed by atoms with Gasteiger partial charge in [-0.3, -0.25) is 4.79 Å². The highest BCUT2D eigenvalue weighted by Crippen LogP contribution is 2.31. The minimum Gasteiger partial charge on any atom is -0.465 e. The van der Waals surface area contributed by atoms with E-state index in [1.54, 1.807) is 24.3 Å². The van der Waals surface area contributed by atoms with Crippen LogP contribution in [0.3, 0.4) is 0 Å². The number of fused-ring (bicyclic) bond motifs is 1. The van der Waals surface area contributed by atoms with Crippen LogP contribution in [-0.4, -0.2) is 23.0 Å². The average molecular weight is 395 g/mol. The molecule has 0 saturated heterocycles. The fourth-order valence-corrected chi connectivity index (χ4v) is 3.60. The van der Waals surface area contributed by atoms with E-state index in [-0.39, 0.29) is 5.56 Å². The zero-order chi connectivity index (χ0) is 18.0.